The Balaban J connectivity index is 1.68. The van der Waals surface area contributed by atoms with Crippen LogP contribution in [0.15, 0.2) is 41.9 Å². The summed E-state index contributed by atoms with van der Waals surface area (Å²) in [6, 6.07) is 7.76. The lowest BCUT2D eigenvalue weighted by molar-refractivity contribution is -0.143. The van der Waals surface area contributed by atoms with Crippen molar-refractivity contribution in [3.8, 4) is 0 Å². The highest BCUT2D eigenvalue weighted by Gasteiger charge is 2.44. The Labute approximate surface area is 205 Å². The Kier molecular flexibility index (Phi) is 7.75. The van der Waals surface area contributed by atoms with Crippen LogP contribution in [0.5, 0.6) is 0 Å². The predicted octanol–water partition coefficient (Wildman–Crippen LogP) is 5.30. The number of anilines is 2. The van der Waals surface area contributed by atoms with Crippen LogP contribution in [0.2, 0.25) is 5.02 Å². The van der Waals surface area contributed by atoms with Gasteiger partial charge >= 0.3 is 0 Å². The second-order valence-electron chi connectivity index (χ2n) is 8.57. The van der Waals surface area contributed by atoms with E-state index in [0.717, 1.165) is 0 Å². The van der Waals surface area contributed by atoms with E-state index in [-0.39, 0.29) is 29.6 Å². The number of thiazole rings is 1. The number of rotatable bonds is 9. The topological polar surface area (TPSA) is 76.1 Å². The highest BCUT2D eigenvalue weighted by Crippen LogP contribution is 2.42. The van der Waals surface area contributed by atoms with Crippen LogP contribution in [0.3, 0.4) is 0 Å². The van der Waals surface area contributed by atoms with Gasteiger partial charge in [0.25, 0.3) is 6.47 Å². The van der Waals surface area contributed by atoms with E-state index in [9.17, 15) is 13.6 Å². The van der Waals surface area contributed by atoms with E-state index in [2.05, 4.69) is 20.6 Å². The van der Waals surface area contributed by atoms with E-state index in [1.165, 1.54) is 23.5 Å². The fourth-order valence-electron chi connectivity index (χ4n) is 4.71. The number of pyridine rings is 1. The summed E-state index contributed by atoms with van der Waals surface area (Å²) in [7, 11) is 0. The molecule has 34 heavy (non-hydrogen) atoms. The molecular formula is C24H25ClF2N4O2S. The Morgan fingerprint density at radius 2 is 2.24 bits per heavy atom. The number of hydrogen-bond donors (Lipinski definition) is 2. The van der Waals surface area contributed by atoms with Gasteiger partial charge in [-0.05, 0) is 50.1 Å². The number of carbonyl (C=O) groups excluding carboxylic acids is 1. The van der Waals surface area contributed by atoms with Gasteiger partial charge in [-0.25, -0.2) is 18.7 Å². The lowest BCUT2D eigenvalue weighted by Crippen LogP contribution is -2.51. The Morgan fingerprint density at radius 1 is 1.38 bits per heavy atom. The van der Waals surface area contributed by atoms with E-state index in [4.69, 9.17) is 16.3 Å². The smallest absolute Gasteiger partial charge is 0.293 e. The standard InChI is InChI=1S/C24H25ClF2N4O2S/c1-15-12-24(7-8-28-15,20(33-14-32)11-16-3-2-4-17(25)22(16)27)13-19-18(26)5-6-21(30-19)31-23-29-9-10-34-23/h2-6,9-10,14-15,20,28H,7-8,11-13H2,1H3,(H,29,30,31). The lowest BCUT2D eigenvalue weighted by atomic mass is 9.67. The zero-order chi connectivity index (χ0) is 24.1. The molecule has 0 aliphatic carbocycles. The van der Waals surface area contributed by atoms with Crippen molar-refractivity contribution in [3.05, 3.63) is 69.8 Å². The number of aromatic nitrogens is 2. The number of carbonyl (C=O) groups is 1. The molecule has 1 aromatic carbocycles. The molecular weight excluding hydrogens is 482 g/mol. The molecule has 3 aromatic rings. The van der Waals surface area contributed by atoms with Crippen molar-refractivity contribution in [2.75, 3.05) is 11.9 Å². The Hall–Kier alpha value is -2.62. The first-order valence-electron chi connectivity index (χ1n) is 11.0. The Bertz CT molecular complexity index is 1130. The average molecular weight is 507 g/mol. The molecule has 2 N–H and O–H groups in total. The van der Waals surface area contributed by atoms with Crippen LogP contribution in [-0.4, -0.2) is 35.1 Å². The summed E-state index contributed by atoms with van der Waals surface area (Å²) in [5, 5.41) is 8.95. The van der Waals surface area contributed by atoms with Crippen molar-refractivity contribution in [2.24, 2.45) is 5.41 Å². The summed E-state index contributed by atoms with van der Waals surface area (Å²) >= 11 is 7.39. The molecule has 0 saturated carbocycles. The maximum Gasteiger partial charge on any atom is 0.293 e. The van der Waals surface area contributed by atoms with E-state index >= 15 is 0 Å². The molecule has 1 saturated heterocycles. The van der Waals surface area contributed by atoms with Crippen molar-refractivity contribution in [1.29, 1.82) is 0 Å². The number of halogens is 3. The lowest BCUT2D eigenvalue weighted by Gasteiger charge is -2.45. The molecule has 3 atom stereocenters. The van der Waals surface area contributed by atoms with E-state index < -0.39 is 23.2 Å². The SMILES string of the molecule is CC1CC(Cc2nc(Nc3nccs3)ccc2F)(C(Cc2cccc(Cl)c2F)OC=O)CCN1. The molecule has 1 aliphatic heterocycles. The third-order valence-corrected chi connectivity index (χ3v) is 7.25. The average Bonchev–Trinajstić information content (AvgIpc) is 3.32. The van der Waals surface area contributed by atoms with Crippen molar-refractivity contribution in [1.82, 2.24) is 15.3 Å². The molecule has 6 nitrogen and oxygen atoms in total. The minimum absolute atomic E-state index is 0.00348. The normalized spacial score (nSPS) is 21.1. The van der Waals surface area contributed by atoms with Crippen LogP contribution in [0.4, 0.5) is 19.7 Å². The second-order valence-corrected chi connectivity index (χ2v) is 9.88. The van der Waals surface area contributed by atoms with E-state index in [1.807, 2.05) is 12.3 Å². The summed E-state index contributed by atoms with van der Waals surface area (Å²) in [6.45, 7) is 3.05. The minimum atomic E-state index is -0.695. The maximum absolute atomic E-state index is 15.0. The van der Waals surface area contributed by atoms with Crippen molar-refractivity contribution in [2.45, 2.75) is 44.8 Å². The molecule has 3 heterocycles. The largest absolute Gasteiger partial charge is 0.464 e. The van der Waals surface area contributed by atoms with Crippen molar-refractivity contribution in [3.63, 3.8) is 0 Å². The van der Waals surface area contributed by atoms with Gasteiger partial charge in [-0.15, -0.1) is 11.3 Å². The summed E-state index contributed by atoms with van der Waals surface area (Å²) in [4.78, 5) is 20.2. The third-order valence-electron chi connectivity index (χ3n) is 6.27. The minimum Gasteiger partial charge on any atom is -0.464 e. The third kappa shape index (κ3) is 5.54. The zero-order valence-corrected chi connectivity index (χ0v) is 20.1. The number of nitrogens with one attached hydrogen (secondary N) is 2. The van der Waals surface area contributed by atoms with Crippen molar-refractivity contribution < 1.29 is 18.3 Å². The fourth-order valence-corrected chi connectivity index (χ4v) is 5.44. The predicted molar refractivity (Wildman–Crippen MR) is 128 cm³/mol. The van der Waals surface area contributed by atoms with Crippen LogP contribution < -0.4 is 10.6 Å². The number of hydrogen-bond acceptors (Lipinski definition) is 7. The highest BCUT2D eigenvalue weighted by molar-refractivity contribution is 7.13. The first-order chi connectivity index (χ1) is 16.4. The zero-order valence-electron chi connectivity index (χ0n) is 18.6. The van der Waals surface area contributed by atoms with Gasteiger partial charge in [0.2, 0.25) is 0 Å². The highest BCUT2D eigenvalue weighted by atomic mass is 35.5. The summed E-state index contributed by atoms with van der Waals surface area (Å²) < 4.78 is 35.2. The number of benzene rings is 1. The number of nitrogens with zero attached hydrogens (tertiary/aromatic N) is 2. The second kappa shape index (κ2) is 10.8. The van der Waals surface area contributed by atoms with Crippen LogP contribution in [0, 0.1) is 17.0 Å². The quantitative estimate of drug-likeness (QED) is 0.384. The van der Waals surface area contributed by atoms with Gasteiger partial charge in [0.15, 0.2) is 5.13 Å². The monoisotopic (exact) mass is 506 g/mol. The molecule has 1 fully saturated rings. The summed E-state index contributed by atoms with van der Waals surface area (Å²) in [5.41, 5.74) is -0.0622. The number of piperidine rings is 1. The van der Waals surface area contributed by atoms with Gasteiger partial charge in [-0.2, -0.15) is 0 Å². The maximum atomic E-state index is 15.0. The van der Waals surface area contributed by atoms with Gasteiger partial charge in [-0.1, -0.05) is 23.7 Å². The molecule has 0 amide bonds. The van der Waals surface area contributed by atoms with Crippen molar-refractivity contribution >= 4 is 40.4 Å². The van der Waals surface area contributed by atoms with Gasteiger partial charge in [0.05, 0.1) is 10.7 Å². The first kappa shape index (κ1) is 24.5. The van der Waals surface area contributed by atoms with Gasteiger partial charge in [-0.3, -0.25) is 4.79 Å². The van der Waals surface area contributed by atoms with E-state index in [1.54, 1.807) is 24.4 Å². The van der Waals surface area contributed by atoms with Crippen LogP contribution in [0.1, 0.15) is 31.0 Å². The molecule has 180 valence electrons. The van der Waals surface area contributed by atoms with Crippen LogP contribution in [-0.2, 0) is 22.4 Å². The molecule has 3 unspecified atom stereocenters. The summed E-state index contributed by atoms with van der Waals surface area (Å²) in [6.07, 6.45) is 2.51. The molecule has 4 rings (SSSR count). The molecule has 1 aliphatic rings. The molecule has 0 spiro atoms. The van der Waals surface area contributed by atoms with Crippen LogP contribution in [0.25, 0.3) is 0 Å². The molecule has 10 heteroatoms. The van der Waals surface area contributed by atoms with Gasteiger partial charge in [0.1, 0.15) is 23.6 Å². The van der Waals surface area contributed by atoms with E-state index in [0.29, 0.717) is 42.4 Å². The van der Waals surface area contributed by atoms with Gasteiger partial charge in [0, 0.05) is 35.9 Å². The van der Waals surface area contributed by atoms with Gasteiger partial charge < -0.3 is 15.4 Å². The molecule has 0 bridgehead atoms. The first-order valence-corrected chi connectivity index (χ1v) is 12.2. The Morgan fingerprint density at radius 3 is 2.97 bits per heavy atom. The molecule has 0 radical (unpaired) electrons. The summed E-state index contributed by atoms with van der Waals surface area (Å²) in [5.74, 6) is -0.522. The fraction of sp³-hybridized carbons (Fsp3) is 0.375. The number of ether oxygens (including phenoxy) is 1. The molecule has 2 aromatic heterocycles. The van der Waals surface area contributed by atoms with Crippen LogP contribution >= 0.6 is 22.9 Å².